The van der Waals surface area contributed by atoms with E-state index < -0.39 is 0 Å². The van der Waals surface area contributed by atoms with Gasteiger partial charge in [0.15, 0.2) is 0 Å². The van der Waals surface area contributed by atoms with Crippen LogP contribution < -0.4 is 14.8 Å². The molecule has 1 aliphatic heterocycles. The fourth-order valence-corrected chi connectivity index (χ4v) is 5.21. The van der Waals surface area contributed by atoms with Gasteiger partial charge in [0.25, 0.3) is 0 Å². The Kier molecular flexibility index (Phi) is 6.65. The molecule has 7 heteroatoms. The number of anilines is 1. The van der Waals surface area contributed by atoms with Crippen molar-refractivity contribution in [2.24, 2.45) is 0 Å². The van der Waals surface area contributed by atoms with E-state index in [0.29, 0.717) is 16.0 Å². The third-order valence-electron chi connectivity index (χ3n) is 3.32. The SMILES string of the molecule is COc1cc(C2SCCCS2)c(OC)cc1NC(=O)CC(C)=O. The maximum absolute atomic E-state index is 11.8. The first-order chi connectivity index (χ1) is 11.0. The van der Waals surface area contributed by atoms with Gasteiger partial charge in [-0.2, -0.15) is 0 Å². The van der Waals surface area contributed by atoms with E-state index in [1.807, 2.05) is 29.6 Å². The van der Waals surface area contributed by atoms with Gasteiger partial charge in [0.1, 0.15) is 17.3 Å². The van der Waals surface area contributed by atoms with Crippen molar-refractivity contribution in [1.82, 2.24) is 0 Å². The predicted octanol–water partition coefficient (Wildman–Crippen LogP) is 3.49. The number of thioether (sulfide) groups is 2. The molecule has 1 heterocycles. The monoisotopic (exact) mass is 355 g/mol. The minimum Gasteiger partial charge on any atom is -0.496 e. The number of hydrogen-bond acceptors (Lipinski definition) is 6. The molecule has 0 aliphatic carbocycles. The van der Waals surface area contributed by atoms with Crippen molar-refractivity contribution in [2.75, 3.05) is 31.0 Å². The van der Waals surface area contributed by atoms with Crippen molar-refractivity contribution in [3.8, 4) is 11.5 Å². The Morgan fingerprint density at radius 3 is 2.39 bits per heavy atom. The number of nitrogens with one attached hydrogen (secondary N) is 1. The van der Waals surface area contributed by atoms with Crippen LogP contribution in [0, 0.1) is 0 Å². The summed E-state index contributed by atoms with van der Waals surface area (Å²) in [6.07, 6.45) is 1.06. The average molecular weight is 355 g/mol. The highest BCUT2D eigenvalue weighted by Gasteiger charge is 2.23. The number of methoxy groups -OCH3 is 2. The largest absolute Gasteiger partial charge is 0.496 e. The molecule has 126 valence electrons. The first-order valence-corrected chi connectivity index (χ1v) is 9.43. The van der Waals surface area contributed by atoms with Gasteiger partial charge in [-0.25, -0.2) is 0 Å². The second-order valence-electron chi connectivity index (χ2n) is 5.15. The Labute approximate surface area is 144 Å². The normalized spacial score (nSPS) is 15.1. The molecule has 1 amide bonds. The van der Waals surface area contributed by atoms with Gasteiger partial charge in [-0.05, 0) is 30.9 Å². The van der Waals surface area contributed by atoms with Crippen LogP contribution in [0.2, 0.25) is 0 Å². The Hall–Kier alpha value is -1.34. The summed E-state index contributed by atoms with van der Waals surface area (Å²) in [5.41, 5.74) is 1.58. The molecule has 0 unspecified atom stereocenters. The molecule has 1 aliphatic rings. The lowest BCUT2D eigenvalue weighted by molar-refractivity contribution is -0.124. The fourth-order valence-electron chi connectivity index (χ4n) is 2.29. The van der Waals surface area contributed by atoms with Gasteiger partial charge in [0.2, 0.25) is 5.91 Å². The van der Waals surface area contributed by atoms with Crippen LogP contribution in [-0.4, -0.2) is 37.4 Å². The van der Waals surface area contributed by atoms with E-state index in [9.17, 15) is 9.59 Å². The first kappa shape index (κ1) is 18.0. The summed E-state index contributed by atoms with van der Waals surface area (Å²) in [7, 11) is 3.18. The van der Waals surface area contributed by atoms with E-state index in [1.54, 1.807) is 20.3 Å². The molecule has 1 aromatic rings. The molecule has 0 atom stereocenters. The molecule has 0 saturated carbocycles. The summed E-state index contributed by atoms with van der Waals surface area (Å²) < 4.78 is 11.2. The number of amides is 1. The van der Waals surface area contributed by atoms with Crippen LogP contribution in [0.4, 0.5) is 5.69 Å². The number of Topliss-reactive ketones (excluding diaryl/α,β-unsaturated/α-hetero) is 1. The molecule has 1 N–H and O–H groups in total. The van der Waals surface area contributed by atoms with Gasteiger partial charge in [-0.15, -0.1) is 23.5 Å². The number of benzene rings is 1. The molecule has 1 saturated heterocycles. The second-order valence-corrected chi connectivity index (χ2v) is 7.87. The summed E-state index contributed by atoms with van der Waals surface area (Å²) in [6, 6.07) is 3.68. The zero-order chi connectivity index (χ0) is 16.8. The molecular formula is C16H21NO4S2. The first-order valence-electron chi connectivity index (χ1n) is 7.33. The van der Waals surface area contributed by atoms with Crippen molar-refractivity contribution in [1.29, 1.82) is 0 Å². The highest BCUT2D eigenvalue weighted by molar-refractivity contribution is 8.16. The van der Waals surface area contributed by atoms with E-state index in [-0.39, 0.29) is 18.1 Å². The minimum atomic E-state index is -0.355. The lowest BCUT2D eigenvalue weighted by Crippen LogP contribution is -2.15. The fraction of sp³-hybridized carbons (Fsp3) is 0.500. The molecule has 0 radical (unpaired) electrons. The summed E-state index contributed by atoms with van der Waals surface area (Å²) in [5, 5.41) is 2.72. The molecule has 1 aromatic carbocycles. The highest BCUT2D eigenvalue weighted by Crippen LogP contribution is 2.49. The van der Waals surface area contributed by atoms with Gasteiger partial charge in [-0.1, -0.05) is 0 Å². The molecule has 23 heavy (non-hydrogen) atoms. The zero-order valence-electron chi connectivity index (χ0n) is 13.5. The van der Waals surface area contributed by atoms with E-state index in [1.165, 1.54) is 13.3 Å². The Morgan fingerprint density at radius 2 is 1.83 bits per heavy atom. The Morgan fingerprint density at radius 1 is 1.17 bits per heavy atom. The van der Waals surface area contributed by atoms with Gasteiger partial charge >= 0.3 is 0 Å². The molecule has 2 rings (SSSR count). The summed E-state index contributed by atoms with van der Waals surface area (Å²) in [6.45, 7) is 1.39. The number of rotatable bonds is 6. The van der Waals surface area contributed by atoms with E-state index in [2.05, 4.69) is 5.32 Å². The van der Waals surface area contributed by atoms with Gasteiger partial charge in [-0.3, -0.25) is 9.59 Å². The van der Waals surface area contributed by atoms with Crippen LogP contribution in [0.1, 0.15) is 29.9 Å². The highest BCUT2D eigenvalue weighted by atomic mass is 32.2. The molecule has 0 bridgehead atoms. The average Bonchev–Trinajstić information content (AvgIpc) is 2.54. The number of ether oxygens (including phenoxy) is 2. The topological polar surface area (TPSA) is 64.6 Å². The summed E-state index contributed by atoms with van der Waals surface area (Å²) in [5.74, 6) is 3.01. The van der Waals surface area contributed by atoms with Crippen LogP contribution in [0.3, 0.4) is 0 Å². The van der Waals surface area contributed by atoms with Crippen LogP contribution in [0.25, 0.3) is 0 Å². The van der Waals surface area contributed by atoms with Gasteiger partial charge in [0, 0.05) is 11.6 Å². The number of hydrogen-bond donors (Lipinski definition) is 1. The van der Waals surface area contributed by atoms with Crippen LogP contribution >= 0.6 is 23.5 Å². The maximum atomic E-state index is 11.8. The Balaban J connectivity index is 2.29. The smallest absolute Gasteiger partial charge is 0.231 e. The maximum Gasteiger partial charge on any atom is 0.231 e. The summed E-state index contributed by atoms with van der Waals surface area (Å²) >= 11 is 3.78. The van der Waals surface area contributed by atoms with E-state index in [0.717, 1.165) is 22.8 Å². The zero-order valence-corrected chi connectivity index (χ0v) is 15.1. The van der Waals surface area contributed by atoms with Crippen LogP contribution in [0.5, 0.6) is 11.5 Å². The second kappa shape index (κ2) is 8.49. The number of ketones is 1. The molecule has 5 nitrogen and oxygen atoms in total. The standard InChI is InChI=1S/C16H21NO4S2/c1-10(18)7-15(19)17-12-9-13(20-2)11(8-14(12)21-3)16-22-5-4-6-23-16/h8-9,16H,4-7H2,1-3H3,(H,17,19). The molecule has 0 aromatic heterocycles. The molecule has 0 spiro atoms. The van der Waals surface area contributed by atoms with Crippen molar-refractivity contribution in [3.63, 3.8) is 0 Å². The number of carbonyl (C=O) groups is 2. The van der Waals surface area contributed by atoms with Gasteiger partial charge < -0.3 is 14.8 Å². The van der Waals surface area contributed by atoms with E-state index in [4.69, 9.17) is 9.47 Å². The van der Waals surface area contributed by atoms with E-state index >= 15 is 0 Å². The van der Waals surface area contributed by atoms with Crippen molar-refractivity contribution in [3.05, 3.63) is 17.7 Å². The lowest BCUT2D eigenvalue weighted by Gasteiger charge is -2.24. The van der Waals surface area contributed by atoms with Crippen molar-refractivity contribution >= 4 is 40.9 Å². The quantitative estimate of drug-likeness (QED) is 0.788. The summed E-state index contributed by atoms with van der Waals surface area (Å²) in [4.78, 5) is 22.9. The molecular weight excluding hydrogens is 334 g/mol. The molecule has 1 fully saturated rings. The third-order valence-corrected chi connectivity index (χ3v) is 6.30. The van der Waals surface area contributed by atoms with Gasteiger partial charge in [0.05, 0.1) is 30.9 Å². The van der Waals surface area contributed by atoms with Crippen LogP contribution in [0.15, 0.2) is 12.1 Å². The number of carbonyl (C=O) groups excluding carboxylic acids is 2. The third kappa shape index (κ3) is 4.81. The van der Waals surface area contributed by atoms with Crippen molar-refractivity contribution in [2.45, 2.75) is 24.3 Å². The minimum absolute atomic E-state index is 0.151. The lowest BCUT2D eigenvalue weighted by atomic mass is 10.1. The van der Waals surface area contributed by atoms with Crippen molar-refractivity contribution < 1.29 is 19.1 Å². The Bertz CT molecular complexity index is 586. The predicted molar refractivity (Wildman–Crippen MR) is 95.7 cm³/mol. The van der Waals surface area contributed by atoms with Crippen LogP contribution in [-0.2, 0) is 9.59 Å².